The Morgan fingerprint density at radius 1 is 1.25 bits per heavy atom. The van der Waals surface area contributed by atoms with E-state index in [-0.39, 0.29) is 28.3 Å². The first kappa shape index (κ1) is 19.3. The molecule has 2 heterocycles. The second-order valence-electron chi connectivity index (χ2n) is 6.14. The fraction of sp³-hybridized carbons (Fsp3) is 0.222. The number of carbonyl (C=O) groups is 1. The lowest BCUT2D eigenvalue weighted by molar-refractivity contribution is -0.137. The van der Waals surface area contributed by atoms with Crippen molar-refractivity contribution in [3.8, 4) is 0 Å². The number of aromatic nitrogens is 2. The number of fused-ring (bicyclic) bond motifs is 1. The third kappa shape index (κ3) is 3.80. The van der Waals surface area contributed by atoms with Crippen molar-refractivity contribution in [3.63, 3.8) is 0 Å². The molecule has 0 fully saturated rings. The van der Waals surface area contributed by atoms with E-state index >= 15 is 0 Å². The normalized spacial score (nSPS) is 12.8. The second kappa shape index (κ2) is 6.95. The molecule has 0 radical (unpaired) electrons. The van der Waals surface area contributed by atoms with Gasteiger partial charge in [-0.1, -0.05) is 12.1 Å². The van der Waals surface area contributed by atoms with E-state index in [4.69, 9.17) is 10.2 Å². The van der Waals surface area contributed by atoms with Crippen molar-refractivity contribution >= 4 is 22.8 Å². The summed E-state index contributed by atoms with van der Waals surface area (Å²) < 4.78 is 43.9. The minimum atomic E-state index is -4.46. The van der Waals surface area contributed by atoms with Crippen LogP contribution in [0, 0.1) is 6.92 Å². The molecule has 10 heteroatoms. The van der Waals surface area contributed by atoms with Crippen LogP contribution >= 0.6 is 0 Å². The molecule has 2 aromatic heterocycles. The van der Waals surface area contributed by atoms with Crippen molar-refractivity contribution in [2.75, 3.05) is 5.32 Å². The molecule has 0 aliphatic heterocycles. The molecule has 0 saturated heterocycles. The minimum Gasteiger partial charge on any atom is -0.403 e. The van der Waals surface area contributed by atoms with Gasteiger partial charge in [0.15, 0.2) is 0 Å². The Morgan fingerprint density at radius 2 is 1.96 bits per heavy atom. The summed E-state index contributed by atoms with van der Waals surface area (Å²) in [6.07, 6.45) is -4.46. The molecule has 7 nitrogen and oxygen atoms in total. The van der Waals surface area contributed by atoms with Gasteiger partial charge in [0.2, 0.25) is 5.71 Å². The van der Waals surface area contributed by atoms with E-state index in [1.807, 2.05) is 0 Å². The van der Waals surface area contributed by atoms with E-state index in [9.17, 15) is 22.8 Å². The molecular weight excluding hydrogens is 377 g/mol. The molecule has 0 unspecified atom stereocenters. The minimum absolute atomic E-state index is 0.0683. The van der Waals surface area contributed by atoms with Crippen molar-refractivity contribution in [1.82, 2.24) is 9.97 Å². The Labute approximate surface area is 156 Å². The van der Waals surface area contributed by atoms with E-state index < -0.39 is 29.3 Å². The molecule has 1 amide bonds. The standard InChI is InChI=1S/C18H15F3N4O3/c1-8(10-4-3-5-11(6-10)18(19,20)21)23-15-13-7-12(14(22)26)17(27)28-16(13)25-9(2)24-15/h3-8H,1-2H3,(H2,22,26)(H,23,24,25)/t8-/m1/s1. The van der Waals surface area contributed by atoms with Crippen LogP contribution in [0.5, 0.6) is 0 Å². The largest absolute Gasteiger partial charge is 0.416 e. The van der Waals surface area contributed by atoms with Gasteiger partial charge in [0.25, 0.3) is 5.91 Å². The summed E-state index contributed by atoms with van der Waals surface area (Å²) in [5.74, 6) is -0.520. The maximum atomic E-state index is 13.0. The van der Waals surface area contributed by atoms with Gasteiger partial charge in [-0.3, -0.25) is 4.79 Å². The number of alkyl halides is 3. The zero-order valence-corrected chi connectivity index (χ0v) is 14.8. The van der Waals surface area contributed by atoms with Gasteiger partial charge >= 0.3 is 11.8 Å². The van der Waals surface area contributed by atoms with E-state index in [0.717, 1.165) is 12.1 Å². The molecule has 1 atom stereocenters. The number of rotatable bonds is 4. The van der Waals surface area contributed by atoms with E-state index in [2.05, 4.69) is 15.3 Å². The van der Waals surface area contributed by atoms with Crippen LogP contribution in [-0.2, 0) is 6.18 Å². The van der Waals surface area contributed by atoms with Gasteiger partial charge in [-0.05, 0) is 37.6 Å². The highest BCUT2D eigenvalue weighted by Gasteiger charge is 2.30. The number of amides is 1. The molecule has 0 spiro atoms. The Kier molecular flexibility index (Phi) is 4.80. The van der Waals surface area contributed by atoms with Crippen LogP contribution in [0.2, 0.25) is 0 Å². The number of hydrogen-bond acceptors (Lipinski definition) is 6. The number of carbonyl (C=O) groups excluding carboxylic acids is 1. The average molecular weight is 392 g/mol. The highest BCUT2D eigenvalue weighted by molar-refractivity contribution is 5.97. The number of halogens is 3. The smallest absolute Gasteiger partial charge is 0.403 e. The van der Waals surface area contributed by atoms with Gasteiger partial charge in [-0.25, -0.2) is 9.78 Å². The molecule has 1 aromatic carbocycles. The lowest BCUT2D eigenvalue weighted by atomic mass is 10.0. The van der Waals surface area contributed by atoms with Crippen molar-refractivity contribution in [2.45, 2.75) is 26.1 Å². The first-order chi connectivity index (χ1) is 13.1. The van der Waals surface area contributed by atoms with Crippen molar-refractivity contribution in [2.24, 2.45) is 5.73 Å². The molecular formula is C18H15F3N4O3. The summed E-state index contributed by atoms with van der Waals surface area (Å²) in [6, 6.07) is 5.48. The summed E-state index contributed by atoms with van der Waals surface area (Å²) in [6.45, 7) is 3.20. The molecule has 3 rings (SSSR count). The van der Waals surface area contributed by atoms with Crippen LogP contribution in [0.4, 0.5) is 19.0 Å². The van der Waals surface area contributed by atoms with Gasteiger partial charge in [-0.15, -0.1) is 0 Å². The van der Waals surface area contributed by atoms with Crippen LogP contribution in [0.15, 0.2) is 39.5 Å². The van der Waals surface area contributed by atoms with Crippen LogP contribution in [0.3, 0.4) is 0 Å². The molecule has 3 N–H and O–H groups in total. The highest BCUT2D eigenvalue weighted by Crippen LogP contribution is 2.32. The van der Waals surface area contributed by atoms with E-state index in [1.54, 1.807) is 13.8 Å². The maximum absolute atomic E-state index is 13.0. The monoisotopic (exact) mass is 392 g/mol. The third-order valence-corrected chi connectivity index (χ3v) is 4.05. The van der Waals surface area contributed by atoms with Gasteiger partial charge in [0.05, 0.1) is 10.9 Å². The first-order valence-electron chi connectivity index (χ1n) is 8.12. The molecule has 146 valence electrons. The summed E-state index contributed by atoms with van der Waals surface area (Å²) >= 11 is 0. The van der Waals surface area contributed by atoms with Crippen molar-refractivity contribution in [1.29, 1.82) is 0 Å². The topological polar surface area (TPSA) is 111 Å². The highest BCUT2D eigenvalue weighted by atomic mass is 19.4. The van der Waals surface area contributed by atoms with E-state index in [1.165, 1.54) is 18.2 Å². The van der Waals surface area contributed by atoms with Crippen LogP contribution in [-0.4, -0.2) is 15.9 Å². The predicted molar refractivity (Wildman–Crippen MR) is 94.8 cm³/mol. The Morgan fingerprint density at radius 3 is 2.61 bits per heavy atom. The van der Waals surface area contributed by atoms with E-state index in [0.29, 0.717) is 5.56 Å². The summed E-state index contributed by atoms with van der Waals surface area (Å²) in [7, 11) is 0. The van der Waals surface area contributed by atoms with Gasteiger partial charge in [0.1, 0.15) is 17.2 Å². The summed E-state index contributed by atoms with van der Waals surface area (Å²) in [5, 5.41) is 3.18. The molecule has 0 aliphatic carbocycles. The first-order valence-corrected chi connectivity index (χ1v) is 8.12. The van der Waals surface area contributed by atoms with Crippen molar-refractivity contribution < 1.29 is 22.4 Å². The number of primary amides is 1. The lowest BCUT2D eigenvalue weighted by Gasteiger charge is -2.18. The second-order valence-corrected chi connectivity index (χ2v) is 6.14. The number of benzene rings is 1. The lowest BCUT2D eigenvalue weighted by Crippen LogP contribution is -2.21. The predicted octanol–water partition coefficient (Wildman–Crippen LogP) is 3.18. The zero-order valence-electron chi connectivity index (χ0n) is 14.8. The molecule has 0 bridgehead atoms. The third-order valence-electron chi connectivity index (χ3n) is 4.05. The quantitative estimate of drug-likeness (QED) is 0.705. The number of aryl methyl sites for hydroxylation is 1. The van der Waals surface area contributed by atoms with Gasteiger partial charge in [0, 0.05) is 6.04 Å². The fourth-order valence-corrected chi connectivity index (χ4v) is 2.66. The van der Waals surface area contributed by atoms with Gasteiger partial charge < -0.3 is 15.5 Å². The number of nitrogens with zero attached hydrogens (tertiary/aromatic N) is 2. The number of nitrogens with one attached hydrogen (secondary N) is 1. The van der Waals surface area contributed by atoms with Crippen LogP contribution in [0.1, 0.15) is 40.3 Å². The molecule has 28 heavy (non-hydrogen) atoms. The summed E-state index contributed by atoms with van der Waals surface area (Å²) in [5.41, 5.74) is 3.38. The van der Waals surface area contributed by atoms with Crippen LogP contribution in [0.25, 0.3) is 11.1 Å². The maximum Gasteiger partial charge on any atom is 0.416 e. The summed E-state index contributed by atoms with van der Waals surface area (Å²) in [4.78, 5) is 31.4. The van der Waals surface area contributed by atoms with Crippen LogP contribution < -0.4 is 16.7 Å². The fourth-order valence-electron chi connectivity index (χ4n) is 2.66. The SMILES string of the molecule is Cc1nc(N[C@H](C)c2cccc(C(F)(F)F)c2)c2cc(C(N)=O)c(=O)oc2n1. The number of hydrogen-bond donors (Lipinski definition) is 2. The van der Waals surface area contributed by atoms with Crippen molar-refractivity contribution in [3.05, 3.63) is 63.3 Å². The number of nitrogens with two attached hydrogens (primary N) is 1. The average Bonchev–Trinajstić information content (AvgIpc) is 2.60. The molecule has 0 saturated carbocycles. The Bertz CT molecular complexity index is 1130. The number of anilines is 1. The van der Waals surface area contributed by atoms with Gasteiger partial charge in [-0.2, -0.15) is 18.2 Å². The zero-order chi connectivity index (χ0) is 20.6. The Balaban J connectivity index is 2.05. The molecule has 0 aliphatic rings. The Hall–Kier alpha value is -3.43. The molecule has 3 aromatic rings.